The molecule has 2 aromatic carbocycles. The van der Waals surface area contributed by atoms with Crippen molar-refractivity contribution in [3.8, 4) is 0 Å². The van der Waals surface area contributed by atoms with Crippen molar-refractivity contribution >= 4 is 25.6 Å². The molecular formula is C30H40ClF4NO3S. The summed E-state index contributed by atoms with van der Waals surface area (Å²) >= 11 is 0. The molecule has 40 heavy (non-hydrogen) atoms. The molecule has 0 bridgehead atoms. The minimum atomic E-state index is -5.10. The number of rotatable bonds is 4. The zero-order valence-electron chi connectivity index (χ0n) is 23.5. The number of carbonyl (C=O) groups excluding carboxylic acids is 1. The van der Waals surface area contributed by atoms with Crippen LogP contribution in [0.4, 0.5) is 17.6 Å². The second-order valence-corrected chi connectivity index (χ2v) is 12.8. The van der Waals surface area contributed by atoms with E-state index in [0.29, 0.717) is 12.8 Å². The Morgan fingerprint density at radius 2 is 1.30 bits per heavy atom. The van der Waals surface area contributed by atoms with Crippen LogP contribution in [0, 0.1) is 35.1 Å². The highest BCUT2D eigenvalue weighted by molar-refractivity contribution is 8.13. The van der Waals surface area contributed by atoms with Gasteiger partial charge in [0.05, 0.1) is 0 Å². The Kier molecular flexibility index (Phi) is 13.9. The number of halogens is 5. The summed E-state index contributed by atoms with van der Waals surface area (Å²) in [6, 6.07) is 9.66. The smallest absolute Gasteiger partial charge is 0.267 e. The lowest BCUT2D eigenvalue weighted by Crippen LogP contribution is -2.40. The lowest BCUT2D eigenvalue weighted by atomic mass is 9.90. The highest BCUT2D eigenvalue weighted by Gasteiger charge is 2.36. The first kappa shape index (κ1) is 34.1. The van der Waals surface area contributed by atoms with Gasteiger partial charge in [0.2, 0.25) is 0 Å². The minimum Gasteiger partial charge on any atom is -0.338 e. The number of piperidine rings is 1. The summed E-state index contributed by atoms with van der Waals surface area (Å²) in [7, 11) is -0.256. The highest BCUT2D eigenvalue weighted by atomic mass is 35.7. The van der Waals surface area contributed by atoms with E-state index in [-0.39, 0.29) is 19.0 Å². The topological polar surface area (TPSA) is 54.5 Å². The minimum absolute atomic E-state index is 0.147. The summed E-state index contributed by atoms with van der Waals surface area (Å²) in [6.45, 7) is 6.69. The van der Waals surface area contributed by atoms with E-state index in [1.165, 1.54) is 44.9 Å². The van der Waals surface area contributed by atoms with Crippen molar-refractivity contribution in [2.75, 3.05) is 13.1 Å². The summed E-state index contributed by atoms with van der Waals surface area (Å²) in [5.74, 6) is -8.59. The van der Waals surface area contributed by atoms with Crippen LogP contribution in [0.25, 0.3) is 0 Å². The molecule has 0 unspecified atom stereocenters. The molecule has 0 spiro atoms. The monoisotopic (exact) mass is 605 g/mol. The van der Waals surface area contributed by atoms with Crippen molar-refractivity contribution in [1.82, 2.24) is 4.90 Å². The number of hydrogen-bond acceptors (Lipinski definition) is 3. The Bertz CT molecular complexity index is 1170. The van der Waals surface area contributed by atoms with Crippen molar-refractivity contribution in [3.63, 3.8) is 0 Å². The molecule has 1 aliphatic heterocycles. The predicted octanol–water partition coefficient (Wildman–Crippen LogP) is 8.66. The molecule has 1 aliphatic carbocycles. The van der Waals surface area contributed by atoms with Gasteiger partial charge in [-0.05, 0) is 36.7 Å². The van der Waals surface area contributed by atoms with Crippen molar-refractivity contribution < 1.29 is 30.8 Å². The van der Waals surface area contributed by atoms with Crippen LogP contribution in [0.3, 0.4) is 0 Å². The number of likely N-dealkylation sites (tertiary alicyclic amines) is 1. The first-order chi connectivity index (χ1) is 19.0. The average molecular weight is 606 g/mol. The summed E-state index contributed by atoms with van der Waals surface area (Å²) < 4.78 is 78.9. The SMILES string of the molecule is CC.CC1CCCCCCC1.O=C(c1c(F)c(F)c(S(=O)(=O)Cl)c(F)c1F)N1CCC(Cc2ccccc2)CC1. The maximum absolute atomic E-state index is 14.3. The second-order valence-electron chi connectivity index (χ2n) is 10.3. The Morgan fingerprint density at radius 3 is 1.77 bits per heavy atom. The van der Waals surface area contributed by atoms with Crippen LogP contribution in [-0.2, 0) is 15.5 Å². The summed E-state index contributed by atoms with van der Waals surface area (Å²) in [5, 5.41) is 0. The van der Waals surface area contributed by atoms with Crippen molar-refractivity contribution in [1.29, 1.82) is 0 Å². The standard InChI is InChI=1S/C19H16ClF4NO3S.C9H18.C2H6/c20-29(27,28)18-16(23)14(21)13(15(22)17(18)24)19(26)25-8-6-12(7-9-25)10-11-4-2-1-3-5-11;1-9-7-5-3-2-4-6-8-9;1-2/h1-5,12H,6-10H2;9H,2-8H2,1H3;1-2H3. The van der Waals surface area contributed by atoms with Crippen molar-refractivity contribution in [2.24, 2.45) is 11.8 Å². The average Bonchev–Trinajstić information content (AvgIpc) is 2.91. The van der Waals surface area contributed by atoms with E-state index in [1.807, 2.05) is 44.2 Å². The normalized spacial score (nSPS) is 17.1. The molecule has 2 aromatic rings. The molecule has 0 atom stereocenters. The van der Waals surface area contributed by atoms with E-state index in [1.54, 1.807) is 0 Å². The van der Waals surface area contributed by atoms with E-state index >= 15 is 0 Å². The Hall–Kier alpha value is -2.13. The van der Waals surface area contributed by atoms with Gasteiger partial charge < -0.3 is 4.90 Å². The summed E-state index contributed by atoms with van der Waals surface area (Å²) in [5.41, 5.74) is -0.345. The molecule has 1 heterocycles. The van der Waals surface area contributed by atoms with Gasteiger partial charge in [-0.15, -0.1) is 0 Å². The molecule has 4 rings (SSSR count). The van der Waals surface area contributed by atoms with Gasteiger partial charge in [-0.2, -0.15) is 0 Å². The Morgan fingerprint density at radius 1 is 0.825 bits per heavy atom. The number of benzene rings is 2. The Labute approximate surface area is 240 Å². The molecule has 0 N–H and O–H groups in total. The number of amides is 1. The number of carbonyl (C=O) groups is 1. The van der Waals surface area contributed by atoms with Crippen LogP contribution < -0.4 is 0 Å². The van der Waals surface area contributed by atoms with Gasteiger partial charge in [-0.1, -0.05) is 96.0 Å². The lowest BCUT2D eigenvalue weighted by molar-refractivity contribution is 0.0677. The third-order valence-electron chi connectivity index (χ3n) is 7.34. The lowest BCUT2D eigenvalue weighted by Gasteiger charge is -2.32. The fraction of sp³-hybridized carbons (Fsp3) is 0.567. The largest absolute Gasteiger partial charge is 0.338 e. The molecule has 224 valence electrons. The first-order valence-electron chi connectivity index (χ1n) is 14.1. The zero-order valence-corrected chi connectivity index (χ0v) is 25.1. The van der Waals surface area contributed by atoms with E-state index in [9.17, 15) is 30.8 Å². The maximum Gasteiger partial charge on any atom is 0.267 e. The number of nitrogens with zero attached hydrogens (tertiary/aromatic N) is 1. The molecule has 1 amide bonds. The van der Waals surface area contributed by atoms with Gasteiger partial charge in [0.1, 0.15) is 5.56 Å². The van der Waals surface area contributed by atoms with Crippen molar-refractivity contribution in [2.45, 2.75) is 89.9 Å². The zero-order chi connectivity index (χ0) is 29.9. The van der Waals surface area contributed by atoms with Gasteiger partial charge in [0.15, 0.2) is 28.2 Å². The first-order valence-corrected chi connectivity index (χ1v) is 16.5. The molecule has 0 radical (unpaired) electrons. The third-order valence-corrected chi connectivity index (χ3v) is 8.65. The van der Waals surface area contributed by atoms with Crippen LogP contribution in [0.2, 0.25) is 0 Å². The van der Waals surface area contributed by atoms with E-state index < -0.39 is 48.7 Å². The van der Waals surface area contributed by atoms with E-state index in [4.69, 9.17) is 10.7 Å². The molecule has 10 heteroatoms. The summed E-state index contributed by atoms with van der Waals surface area (Å²) in [6.07, 6.45) is 12.3. The predicted molar refractivity (Wildman–Crippen MR) is 151 cm³/mol. The van der Waals surface area contributed by atoms with Gasteiger partial charge in [0, 0.05) is 23.8 Å². The molecule has 2 fully saturated rings. The fourth-order valence-electron chi connectivity index (χ4n) is 5.12. The Balaban J connectivity index is 0.000000428. The molecule has 4 nitrogen and oxygen atoms in total. The second kappa shape index (κ2) is 16.3. The molecule has 1 saturated heterocycles. The van der Waals surface area contributed by atoms with E-state index in [2.05, 4.69) is 6.92 Å². The van der Waals surface area contributed by atoms with Crippen LogP contribution in [0.5, 0.6) is 0 Å². The van der Waals surface area contributed by atoms with E-state index in [0.717, 1.165) is 22.8 Å². The summed E-state index contributed by atoms with van der Waals surface area (Å²) in [4.78, 5) is 11.6. The molecule has 1 saturated carbocycles. The van der Waals surface area contributed by atoms with Crippen LogP contribution >= 0.6 is 10.7 Å². The number of hydrogen-bond donors (Lipinski definition) is 0. The van der Waals surface area contributed by atoms with Crippen molar-refractivity contribution in [3.05, 3.63) is 64.7 Å². The van der Waals surface area contributed by atoms with Gasteiger partial charge in [0.25, 0.3) is 15.0 Å². The fourth-order valence-corrected chi connectivity index (χ4v) is 6.13. The van der Waals surface area contributed by atoms with Crippen LogP contribution in [0.1, 0.15) is 94.5 Å². The highest BCUT2D eigenvalue weighted by Crippen LogP contribution is 2.31. The molecule has 0 aromatic heterocycles. The van der Waals surface area contributed by atoms with Gasteiger partial charge in [-0.3, -0.25) is 4.79 Å². The molecule has 2 aliphatic rings. The van der Waals surface area contributed by atoms with Gasteiger partial charge >= 0.3 is 0 Å². The van der Waals surface area contributed by atoms with Gasteiger partial charge in [-0.25, -0.2) is 26.0 Å². The van der Waals surface area contributed by atoms with Crippen LogP contribution in [-0.4, -0.2) is 32.3 Å². The van der Waals surface area contributed by atoms with Crippen LogP contribution in [0.15, 0.2) is 35.2 Å². The quantitative estimate of drug-likeness (QED) is 0.199. The maximum atomic E-state index is 14.3. The molecular weight excluding hydrogens is 566 g/mol. The third kappa shape index (κ3) is 9.47.